The van der Waals surface area contributed by atoms with Gasteiger partial charge in [-0.3, -0.25) is 0 Å². The summed E-state index contributed by atoms with van der Waals surface area (Å²) >= 11 is 0. The maximum absolute atomic E-state index is 5.48. The maximum Gasteiger partial charge on any atom is 0.118 e. The first-order chi connectivity index (χ1) is 21.6. The lowest BCUT2D eigenvalue weighted by molar-refractivity contribution is 0.415. The van der Waals surface area contributed by atoms with E-state index in [-0.39, 0.29) is 0 Å². The minimum absolute atomic E-state index is 0.821. The third-order valence-corrected chi connectivity index (χ3v) is 8.36. The van der Waals surface area contributed by atoms with E-state index in [1.165, 1.54) is 5.56 Å². The number of methoxy groups -OCH3 is 1. The second-order valence-electron chi connectivity index (χ2n) is 11.2. The van der Waals surface area contributed by atoms with Crippen molar-refractivity contribution in [2.75, 3.05) is 7.11 Å². The smallest absolute Gasteiger partial charge is 0.118 e. The first-order valence-corrected chi connectivity index (χ1v) is 14.8. The highest BCUT2D eigenvalue weighted by molar-refractivity contribution is 6.00. The summed E-state index contributed by atoms with van der Waals surface area (Å²) in [6.45, 7) is 2.12. The number of aromatic nitrogens is 4. The molecule has 0 spiro atoms. The molecule has 0 unspecified atom stereocenters. The number of hydrogen-bond donors (Lipinski definition) is 3. The number of rotatable bonds is 4. The van der Waals surface area contributed by atoms with Crippen LogP contribution in [0.25, 0.3) is 78.6 Å². The van der Waals surface area contributed by atoms with Crippen LogP contribution in [0, 0.1) is 6.92 Å². The van der Waals surface area contributed by atoms with Crippen LogP contribution >= 0.6 is 0 Å². The summed E-state index contributed by atoms with van der Waals surface area (Å²) in [6.07, 6.45) is 4.20. The zero-order chi connectivity index (χ0) is 29.6. The van der Waals surface area contributed by atoms with E-state index >= 15 is 0 Å². The quantitative estimate of drug-likeness (QED) is 0.197. The number of fused-ring (bicyclic) bond motifs is 9. The molecule has 0 fully saturated rings. The van der Waals surface area contributed by atoms with Crippen molar-refractivity contribution < 1.29 is 4.74 Å². The van der Waals surface area contributed by atoms with Crippen molar-refractivity contribution in [3.8, 4) is 39.1 Å². The minimum Gasteiger partial charge on any atom is -0.497 e. The summed E-state index contributed by atoms with van der Waals surface area (Å²) < 4.78 is 5.48. The number of nitrogens with one attached hydrogen (secondary N) is 3. The Balaban J connectivity index is 1.54. The van der Waals surface area contributed by atoms with Gasteiger partial charge in [-0.1, -0.05) is 72.3 Å². The van der Waals surface area contributed by atoms with Gasteiger partial charge in [0.1, 0.15) is 5.75 Å². The van der Waals surface area contributed by atoms with Crippen LogP contribution in [0.15, 0.2) is 115 Å². The Hall–Kier alpha value is -5.81. The van der Waals surface area contributed by atoms with Gasteiger partial charge in [-0.2, -0.15) is 0 Å². The Labute approximate surface area is 254 Å². The van der Waals surface area contributed by atoms with Crippen molar-refractivity contribution in [3.05, 3.63) is 132 Å². The van der Waals surface area contributed by atoms with Gasteiger partial charge in [0.05, 0.1) is 24.0 Å². The molecule has 5 heterocycles. The molecule has 7 aromatic rings. The van der Waals surface area contributed by atoms with Gasteiger partial charge in [0.2, 0.25) is 0 Å². The Morgan fingerprint density at radius 3 is 1.48 bits per heavy atom. The van der Waals surface area contributed by atoms with Gasteiger partial charge in [0, 0.05) is 44.3 Å². The molecule has 0 saturated carbocycles. The topological polar surface area (TPSA) is 69.5 Å². The number of hydrogen-bond acceptors (Lipinski definition) is 2. The van der Waals surface area contributed by atoms with Crippen LogP contribution < -0.4 is 4.74 Å². The van der Waals surface area contributed by atoms with Gasteiger partial charge in [-0.25, -0.2) is 4.98 Å². The van der Waals surface area contributed by atoms with E-state index in [0.717, 1.165) is 83.6 Å². The number of H-pyrrole nitrogens is 3. The molecular formula is C39H30N4O. The number of aromatic amines is 3. The fraction of sp³-hybridized carbons (Fsp3) is 0.0513. The molecule has 0 saturated heterocycles. The lowest BCUT2D eigenvalue weighted by atomic mass is 10.0. The Morgan fingerprint density at radius 1 is 0.455 bits per heavy atom. The molecule has 0 aliphatic carbocycles. The van der Waals surface area contributed by atoms with Crippen molar-refractivity contribution in [2.45, 2.75) is 6.92 Å². The van der Waals surface area contributed by atoms with Gasteiger partial charge in [0.15, 0.2) is 0 Å². The molecule has 1 aliphatic heterocycles. The second kappa shape index (κ2) is 10.5. The van der Waals surface area contributed by atoms with Gasteiger partial charge >= 0.3 is 0 Å². The van der Waals surface area contributed by atoms with E-state index in [0.29, 0.717) is 0 Å². The number of ether oxygens (including phenoxy) is 1. The molecule has 0 atom stereocenters. The van der Waals surface area contributed by atoms with E-state index in [1.54, 1.807) is 7.11 Å². The molecule has 5 nitrogen and oxygen atoms in total. The van der Waals surface area contributed by atoms with E-state index in [4.69, 9.17) is 9.72 Å². The minimum atomic E-state index is 0.821. The zero-order valence-corrected chi connectivity index (χ0v) is 24.5. The normalized spacial score (nSPS) is 11.8. The van der Waals surface area contributed by atoms with E-state index in [2.05, 4.69) is 131 Å². The van der Waals surface area contributed by atoms with Crippen LogP contribution in [-0.2, 0) is 0 Å². The van der Waals surface area contributed by atoms with Crippen molar-refractivity contribution in [3.63, 3.8) is 0 Å². The predicted octanol–water partition coefficient (Wildman–Crippen LogP) is 10.0. The Bertz CT molecular complexity index is 2300. The van der Waals surface area contributed by atoms with E-state index < -0.39 is 0 Å². The molecular weight excluding hydrogens is 540 g/mol. The number of benzene rings is 3. The fourth-order valence-corrected chi connectivity index (χ4v) is 6.15. The summed E-state index contributed by atoms with van der Waals surface area (Å²) in [7, 11) is 1.69. The number of aryl methyl sites for hydroxylation is 1. The van der Waals surface area contributed by atoms with Gasteiger partial charge < -0.3 is 19.7 Å². The molecule has 3 aromatic carbocycles. The molecule has 8 rings (SSSR count). The molecule has 212 valence electrons. The molecule has 0 amide bonds. The van der Waals surface area contributed by atoms with Crippen molar-refractivity contribution >= 4 is 45.3 Å². The van der Waals surface area contributed by atoms with Crippen LogP contribution in [0.2, 0.25) is 0 Å². The Morgan fingerprint density at radius 2 is 0.909 bits per heavy atom. The van der Waals surface area contributed by atoms with E-state index in [1.807, 2.05) is 18.2 Å². The maximum atomic E-state index is 5.48. The molecule has 5 heteroatoms. The lowest BCUT2D eigenvalue weighted by Gasteiger charge is -2.06. The highest BCUT2D eigenvalue weighted by atomic mass is 16.5. The fourth-order valence-electron chi connectivity index (χ4n) is 6.15. The lowest BCUT2D eigenvalue weighted by Crippen LogP contribution is -1.86. The van der Waals surface area contributed by atoms with Crippen LogP contribution in [0.4, 0.5) is 0 Å². The van der Waals surface area contributed by atoms with Crippen LogP contribution in [0.3, 0.4) is 0 Å². The molecule has 8 bridgehead atoms. The average Bonchev–Trinajstić information content (AvgIpc) is 3.88. The molecule has 44 heavy (non-hydrogen) atoms. The monoisotopic (exact) mass is 570 g/mol. The standard InChI is InChI=1S/C39H30N4O/c1-24-8-10-26(11-9-24)38-32-19-17-30(41-32)29-16-18-31(40-29)37(25-6-4-3-5-7-25)33-20-21-35(42-33)39(36-23-22-34(38)43-36)27-12-14-28(44-2)15-13-27/h3-23,41-43H,1-2H3. The van der Waals surface area contributed by atoms with Crippen LogP contribution in [-0.4, -0.2) is 27.0 Å². The summed E-state index contributed by atoms with van der Waals surface area (Å²) in [5, 5.41) is 0. The van der Waals surface area contributed by atoms with Crippen molar-refractivity contribution in [2.24, 2.45) is 0 Å². The van der Waals surface area contributed by atoms with Gasteiger partial charge in [-0.05, 0) is 84.3 Å². The second-order valence-corrected chi connectivity index (χ2v) is 11.2. The highest BCUT2D eigenvalue weighted by Crippen LogP contribution is 2.36. The molecule has 4 aromatic heterocycles. The summed E-state index contributed by atoms with van der Waals surface area (Å²) in [4.78, 5) is 16.4. The van der Waals surface area contributed by atoms with Gasteiger partial charge in [0.25, 0.3) is 0 Å². The SMILES string of the molecule is COc1ccc(-c2c3ccc([nH]3)c(-c3ccccc3)c3nc(c4ccc([nH]4)c(-c4ccc(C)cc4)c4ccc2[nH]4)C=C3)cc1. The van der Waals surface area contributed by atoms with Crippen LogP contribution in [0.5, 0.6) is 5.75 Å². The molecule has 1 aliphatic rings. The third kappa shape index (κ3) is 4.46. The molecule has 3 N–H and O–H groups in total. The summed E-state index contributed by atoms with van der Waals surface area (Å²) in [5.74, 6) is 0.821. The first kappa shape index (κ1) is 25.9. The predicted molar refractivity (Wildman–Crippen MR) is 183 cm³/mol. The number of nitrogens with zero attached hydrogens (tertiary/aromatic N) is 1. The average molecular weight is 571 g/mol. The largest absolute Gasteiger partial charge is 0.497 e. The van der Waals surface area contributed by atoms with Gasteiger partial charge in [-0.15, -0.1) is 0 Å². The molecule has 0 radical (unpaired) electrons. The first-order valence-electron chi connectivity index (χ1n) is 14.8. The highest BCUT2D eigenvalue weighted by Gasteiger charge is 2.15. The summed E-state index contributed by atoms with van der Waals surface area (Å²) in [6, 6.07) is 40.3. The zero-order valence-electron chi connectivity index (χ0n) is 24.5. The Kier molecular flexibility index (Phi) is 6.16. The van der Waals surface area contributed by atoms with E-state index in [9.17, 15) is 0 Å². The third-order valence-electron chi connectivity index (χ3n) is 8.36. The summed E-state index contributed by atoms with van der Waals surface area (Å²) in [5.41, 5.74) is 15.6. The van der Waals surface area contributed by atoms with Crippen molar-refractivity contribution in [1.82, 2.24) is 19.9 Å². The van der Waals surface area contributed by atoms with Crippen molar-refractivity contribution in [1.29, 1.82) is 0 Å². The van der Waals surface area contributed by atoms with Crippen LogP contribution in [0.1, 0.15) is 17.0 Å².